The van der Waals surface area contributed by atoms with Gasteiger partial charge in [-0.1, -0.05) is 0 Å². The third-order valence-corrected chi connectivity index (χ3v) is 3.46. The molecule has 0 aromatic rings. The molecule has 0 amide bonds. The van der Waals surface area contributed by atoms with Crippen molar-refractivity contribution in [2.75, 3.05) is 39.8 Å². The Balaban J connectivity index is 1.94. The van der Waals surface area contributed by atoms with E-state index in [0.29, 0.717) is 0 Å². The van der Waals surface area contributed by atoms with Gasteiger partial charge in [0.1, 0.15) is 6.04 Å². The fraction of sp³-hybridized carbons (Fsp3) is 0.900. The van der Waals surface area contributed by atoms with Crippen LogP contribution in [0, 0.1) is 0 Å². The summed E-state index contributed by atoms with van der Waals surface area (Å²) in [4.78, 5) is 15.6. The molecule has 0 aromatic heterocycles. The summed E-state index contributed by atoms with van der Waals surface area (Å²) in [5, 5.41) is 12.1. The van der Waals surface area contributed by atoms with Crippen LogP contribution in [-0.4, -0.2) is 72.7 Å². The smallest absolute Gasteiger partial charge is 0.322 e. The van der Waals surface area contributed by atoms with Gasteiger partial charge in [-0.25, -0.2) is 0 Å². The van der Waals surface area contributed by atoms with Crippen LogP contribution in [0.3, 0.4) is 0 Å². The fourth-order valence-corrected chi connectivity index (χ4v) is 2.49. The zero-order valence-corrected chi connectivity index (χ0v) is 9.15. The largest absolute Gasteiger partial charge is 0.480 e. The lowest BCUT2D eigenvalue weighted by Gasteiger charge is -2.37. The van der Waals surface area contributed by atoms with Gasteiger partial charge in [-0.3, -0.25) is 9.69 Å². The molecule has 86 valence electrons. The van der Waals surface area contributed by atoms with Crippen molar-refractivity contribution in [3.8, 4) is 0 Å². The second kappa shape index (κ2) is 4.47. The standard InChI is InChI=1S/C10H19N3O2/c1-12-4-6-13(7-5-12)8-2-3-11-9(8)10(14)15/h8-9,11H,2-7H2,1H3,(H,14,15)/t8?,9-/m0/s1. The Morgan fingerprint density at radius 1 is 1.33 bits per heavy atom. The quantitative estimate of drug-likeness (QED) is 0.619. The third kappa shape index (κ3) is 2.30. The molecule has 2 aliphatic heterocycles. The normalized spacial score (nSPS) is 34.5. The van der Waals surface area contributed by atoms with Crippen LogP contribution in [0.25, 0.3) is 0 Å². The van der Waals surface area contributed by atoms with Crippen molar-refractivity contribution >= 4 is 5.97 Å². The highest BCUT2D eigenvalue weighted by Gasteiger charge is 2.37. The van der Waals surface area contributed by atoms with E-state index in [0.717, 1.165) is 39.1 Å². The van der Waals surface area contributed by atoms with Gasteiger partial charge >= 0.3 is 5.97 Å². The number of carboxylic acids is 1. The van der Waals surface area contributed by atoms with Gasteiger partial charge in [0.05, 0.1) is 0 Å². The molecule has 5 nitrogen and oxygen atoms in total. The van der Waals surface area contributed by atoms with Crippen LogP contribution in [0.15, 0.2) is 0 Å². The van der Waals surface area contributed by atoms with E-state index in [-0.39, 0.29) is 12.1 Å². The molecular weight excluding hydrogens is 194 g/mol. The summed E-state index contributed by atoms with van der Waals surface area (Å²) < 4.78 is 0. The first-order valence-electron chi connectivity index (χ1n) is 5.57. The van der Waals surface area contributed by atoms with Crippen molar-refractivity contribution in [1.29, 1.82) is 0 Å². The minimum absolute atomic E-state index is 0.191. The molecule has 0 saturated carbocycles. The summed E-state index contributed by atoms with van der Waals surface area (Å²) in [6, 6.07) is -0.176. The average Bonchev–Trinajstić information content (AvgIpc) is 2.67. The molecule has 1 unspecified atom stereocenters. The maximum atomic E-state index is 11.0. The maximum Gasteiger partial charge on any atom is 0.322 e. The van der Waals surface area contributed by atoms with E-state index in [1.54, 1.807) is 0 Å². The van der Waals surface area contributed by atoms with E-state index in [4.69, 9.17) is 5.11 Å². The van der Waals surface area contributed by atoms with E-state index in [9.17, 15) is 4.79 Å². The number of nitrogens with zero attached hydrogens (tertiary/aromatic N) is 2. The monoisotopic (exact) mass is 213 g/mol. The number of rotatable bonds is 2. The Bertz CT molecular complexity index is 239. The Hall–Kier alpha value is -0.650. The molecule has 0 radical (unpaired) electrons. The van der Waals surface area contributed by atoms with E-state index in [1.807, 2.05) is 0 Å². The first kappa shape index (κ1) is 10.9. The second-order valence-corrected chi connectivity index (χ2v) is 4.47. The van der Waals surface area contributed by atoms with Gasteiger partial charge in [-0.15, -0.1) is 0 Å². The number of hydrogen-bond acceptors (Lipinski definition) is 4. The van der Waals surface area contributed by atoms with Crippen LogP contribution in [0.4, 0.5) is 0 Å². The van der Waals surface area contributed by atoms with Crippen molar-refractivity contribution in [3.05, 3.63) is 0 Å². The van der Waals surface area contributed by atoms with Crippen LogP contribution < -0.4 is 5.32 Å². The summed E-state index contributed by atoms with van der Waals surface area (Å²) in [5.74, 6) is -0.712. The number of carbonyl (C=O) groups is 1. The van der Waals surface area contributed by atoms with Crippen LogP contribution >= 0.6 is 0 Å². The van der Waals surface area contributed by atoms with E-state index in [2.05, 4.69) is 22.2 Å². The Kier molecular flexibility index (Phi) is 3.23. The first-order valence-corrected chi connectivity index (χ1v) is 5.57. The molecule has 2 saturated heterocycles. The topological polar surface area (TPSA) is 55.8 Å². The summed E-state index contributed by atoms with van der Waals surface area (Å²) in [6.07, 6.45) is 0.959. The summed E-state index contributed by atoms with van der Waals surface area (Å²) >= 11 is 0. The number of likely N-dealkylation sites (N-methyl/N-ethyl adjacent to an activating group) is 1. The van der Waals surface area contributed by atoms with E-state index in [1.165, 1.54) is 0 Å². The number of carboxylic acid groups (broad SMARTS) is 1. The molecule has 0 spiro atoms. The maximum absolute atomic E-state index is 11.0. The molecule has 0 bridgehead atoms. The molecular formula is C10H19N3O2. The van der Waals surface area contributed by atoms with E-state index >= 15 is 0 Å². The van der Waals surface area contributed by atoms with Gasteiger partial charge in [-0.2, -0.15) is 0 Å². The minimum atomic E-state index is -0.712. The van der Waals surface area contributed by atoms with Crippen molar-refractivity contribution in [2.45, 2.75) is 18.5 Å². The highest BCUT2D eigenvalue weighted by Crippen LogP contribution is 2.16. The minimum Gasteiger partial charge on any atom is -0.480 e. The Labute approximate surface area is 90.0 Å². The second-order valence-electron chi connectivity index (χ2n) is 4.47. The Morgan fingerprint density at radius 2 is 2.00 bits per heavy atom. The van der Waals surface area contributed by atoms with E-state index < -0.39 is 5.97 Å². The lowest BCUT2D eigenvalue weighted by Crippen LogP contribution is -2.54. The molecule has 15 heavy (non-hydrogen) atoms. The molecule has 2 N–H and O–H groups in total. The van der Waals surface area contributed by atoms with Crippen molar-refractivity contribution in [1.82, 2.24) is 15.1 Å². The molecule has 2 heterocycles. The number of hydrogen-bond donors (Lipinski definition) is 2. The highest BCUT2D eigenvalue weighted by molar-refractivity contribution is 5.75. The number of aliphatic carboxylic acids is 1. The van der Waals surface area contributed by atoms with Crippen LogP contribution in [-0.2, 0) is 4.79 Å². The lowest BCUT2D eigenvalue weighted by molar-refractivity contribution is -0.140. The summed E-state index contributed by atoms with van der Waals surface area (Å²) in [7, 11) is 2.11. The molecule has 0 aliphatic carbocycles. The van der Waals surface area contributed by atoms with Crippen LogP contribution in [0.1, 0.15) is 6.42 Å². The van der Waals surface area contributed by atoms with Crippen molar-refractivity contribution in [2.24, 2.45) is 0 Å². The van der Waals surface area contributed by atoms with Gasteiger partial charge in [0.15, 0.2) is 0 Å². The Morgan fingerprint density at radius 3 is 2.60 bits per heavy atom. The van der Waals surface area contributed by atoms with Gasteiger partial charge in [0, 0.05) is 32.2 Å². The first-order chi connectivity index (χ1) is 7.18. The zero-order valence-electron chi connectivity index (χ0n) is 9.15. The fourth-order valence-electron chi connectivity index (χ4n) is 2.49. The molecule has 2 rings (SSSR count). The number of piperazine rings is 1. The van der Waals surface area contributed by atoms with Gasteiger partial charge in [0.2, 0.25) is 0 Å². The molecule has 2 fully saturated rings. The molecule has 2 aliphatic rings. The predicted octanol–water partition coefficient (Wildman–Crippen LogP) is -0.951. The predicted molar refractivity (Wildman–Crippen MR) is 56.9 cm³/mol. The molecule has 5 heteroatoms. The summed E-state index contributed by atoms with van der Waals surface area (Å²) in [6.45, 7) is 4.90. The number of nitrogens with one attached hydrogen (secondary N) is 1. The third-order valence-electron chi connectivity index (χ3n) is 3.46. The van der Waals surface area contributed by atoms with Gasteiger partial charge in [0.25, 0.3) is 0 Å². The van der Waals surface area contributed by atoms with Crippen molar-refractivity contribution < 1.29 is 9.90 Å². The van der Waals surface area contributed by atoms with Gasteiger partial charge < -0.3 is 15.3 Å². The summed E-state index contributed by atoms with van der Waals surface area (Å²) in [5.41, 5.74) is 0. The zero-order chi connectivity index (χ0) is 10.8. The average molecular weight is 213 g/mol. The molecule has 2 atom stereocenters. The highest BCUT2D eigenvalue weighted by atomic mass is 16.4. The van der Waals surface area contributed by atoms with Crippen LogP contribution in [0.2, 0.25) is 0 Å². The van der Waals surface area contributed by atoms with Gasteiger partial charge in [-0.05, 0) is 20.0 Å². The SMILES string of the molecule is CN1CCN(C2CCN[C@@H]2C(=O)O)CC1. The van der Waals surface area contributed by atoms with Crippen LogP contribution in [0.5, 0.6) is 0 Å². The molecule has 0 aromatic carbocycles. The van der Waals surface area contributed by atoms with Crippen molar-refractivity contribution in [3.63, 3.8) is 0 Å². The lowest BCUT2D eigenvalue weighted by atomic mass is 10.1.